The lowest BCUT2D eigenvalue weighted by molar-refractivity contribution is -0.122. The van der Waals surface area contributed by atoms with E-state index in [4.69, 9.17) is 23.2 Å². The van der Waals surface area contributed by atoms with Crippen molar-refractivity contribution in [3.63, 3.8) is 0 Å². The van der Waals surface area contributed by atoms with E-state index in [1.54, 1.807) is 24.3 Å². The van der Waals surface area contributed by atoms with E-state index in [1.807, 2.05) is 6.07 Å². The molecule has 0 radical (unpaired) electrons. The van der Waals surface area contributed by atoms with E-state index in [0.717, 1.165) is 4.90 Å². The van der Waals surface area contributed by atoms with Crippen LogP contribution in [0.15, 0.2) is 66.7 Å². The Kier molecular flexibility index (Phi) is 6.31. The van der Waals surface area contributed by atoms with Gasteiger partial charge in [-0.05, 0) is 54.1 Å². The Morgan fingerprint density at radius 2 is 1.66 bits per heavy atom. The Balaban J connectivity index is 1.57. The van der Waals surface area contributed by atoms with Crippen LogP contribution in [0.3, 0.4) is 0 Å². The van der Waals surface area contributed by atoms with Gasteiger partial charge in [-0.3, -0.25) is 9.59 Å². The first-order chi connectivity index (χ1) is 18.1. The molecule has 0 bridgehead atoms. The largest absolute Gasteiger partial charge is 0.478 e. The molecule has 0 aromatic heterocycles. The van der Waals surface area contributed by atoms with Crippen LogP contribution in [0.1, 0.15) is 37.8 Å². The first-order valence-corrected chi connectivity index (χ1v) is 12.1. The van der Waals surface area contributed by atoms with Crippen molar-refractivity contribution in [2.45, 2.75) is 11.5 Å². The first-order valence-electron chi connectivity index (χ1n) is 11.4. The van der Waals surface area contributed by atoms with Gasteiger partial charge in [0.1, 0.15) is 5.54 Å². The topological polar surface area (TPSA) is 131 Å². The summed E-state index contributed by atoms with van der Waals surface area (Å²) in [4.78, 5) is 54.5. The summed E-state index contributed by atoms with van der Waals surface area (Å²) in [6.07, 6.45) is 0. The summed E-state index contributed by atoms with van der Waals surface area (Å²) in [5, 5.41) is 21.8. The number of urea groups is 1. The van der Waals surface area contributed by atoms with E-state index >= 15 is 0 Å². The number of carbonyl (C=O) groups is 4. The molecule has 1 spiro atoms. The molecule has 2 aliphatic rings. The first kappa shape index (κ1) is 25.3. The van der Waals surface area contributed by atoms with Gasteiger partial charge in [0.05, 0.1) is 29.4 Å². The molecule has 190 valence electrons. The number of carbonyl (C=O) groups excluding carboxylic acids is 3. The van der Waals surface area contributed by atoms with E-state index < -0.39 is 35.3 Å². The molecule has 0 aliphatic carbocycles. The summed E-state index contributed by atoms with van der Waals surface area (Å²) >= 11 is 12.2. The lowest BCUT2D eigenvalue weighted by atomic mass is 9.81. The standard InChI is InChI=1S/C27H18Cl2N4O5/c28-19-9-20(29)11-21(10-19)33-25(37)27(31-26(33)38)14-32(13-22(27)16-6-4-15(12-30)5-7-16)23(34)17-2-1-3-18(8-17)24(35)36/h1-11,22H,13-14H2,(H,31,38)(H,35,36)/t22-,27+/m0/s1. The number of hydrogen-bond acceptors (Lipinski definition) is 5. The Morgan fingerprint density at radius 3 is 2.29 bits per heavy atom. The molecule has 3 aromatic carbocycles. The van der Waals surface area contributed by atoms with Gasteiger partial charge in [-0.15, -0.1) is 0 Å². The predicted octanol–water partition coefficient (Wildman–Crippen LogP) is 4.30. The molecule has 11 heteroatoms. The zero-order chi connectivity index (χ0) is 27.2. The fourth-order valence-corrected chi connectivity index (χ4v) is 5.51. The normalized spacial score (nSPS) is 20.5. The van der Waals surface area contributed by atoms with Gasteiger partial charge < -0.3 is 15.3 Å². The van der Waals surface area contributed by atoms with Gasteiger partial charge in [-0.25, -0.2) is 14.5 Å². The van der Waals surface area contributed by atoms with E-state index in [1.165, 1.54) is 47.4 Å². The second-order valence-electron chi connectivity index (χ2n) is 9.03. The van der Waals surface area contributed by atoms with Crippen molar-refractivity contribution in [2.24, 2.45) is 0 Å². The van der Waals surface area contributed by atoms with Gasteiger partial charge in [0, 0.05) is 28.1 Å². The minimum atomic E-state index is -1.53. The number of nitriles is 1. The van der Waals surface area contributed by atoms with Gasteiger partial charge in [0.15, 0.2) is 0 Å². The second kappa shape index (κ2) is 9.49. The maximum Gasteiger partial charge on any atom is 0.335 e. The van der Waals surface area contributed by atoms with Crippen molar-refractivity contribution in [1.82, 2.24) is 10.2 Å². The molecule has 2 heterocycles. The van der Waals surface area contributed by atoms with Crippen molar-refractivity contribution in [1.29, 1.82) is 5.26 Å². The minimum Gasteiger partial charge on any atom is -0.478 e. The molecule has 2 atom stereocenters. The molecule has 0 saturated carbocycles. The zero-order valence-electron chi connectivity index (χ0n) is 19.5. The molecule has 2 fully saturated rings. The number of carboxylic acid groups (broad SMARTS) is 1. The summed E-state index contributed by atoms with van der Waals surface area (Å²) in [5.41, 5.74) is -0.215. The van der Waals surface area contributed by atoms with Crippen LogP contribution in [0, 0.1) is 11.3 Å². The number of anilines is 1. The summed E-state index contributed by atoms with van der Waals surface area (Å²) in [5.74, 6) is -2.93. The summed E-state index contributed by atoms with van der Waals surface area (Å²) in [6, 6.07) is 17.9. The van der Waals surface area contributed by atoms with Crippen LogP contribution in [0.4, 0.5) is 10.5 Å². The maximum atomic E-state index is 14.0. The van der Waals surface area contributed by atoms with Gasteiger partial charge in [-0.1, -0.05) is 41.4 Å². The predicted molar refractivity (Wildman–Crippen MR) is 138 cm³/mol. The number of carboxylic acids is 1. The summed E-state index contributed by atoms with van der Waals surface area (Å²) in [7, 11) is 0. The Hall–Kier alpha value is -4.39. The highest BCUT2D eigenvalue weighted by Crippen LogP contribution is 2.42. The number of halogens is 2. The summed E-state index contributed by atoms with van der Waals surface area (Å²) in [6.45, 7) is -0.110. The second-order valence-corrected chi connectivity index (χ2v) is 9.90. The highest BCUT2D eigenvalue weighted by molar-refractivity contribution is 6.36. The van der Waals surface area contributed by atoms with Gasteiger partial charge in [0.25, 0.3) is 11.8 Å². The van der Waals surface area contributed by atoms with E-state index in [0.29, 0.717) is 11.1 Å². The number of hydrogen-bond donors (Lipinski definition) is 2. The van der Waals surface area contributed by atoms with Crippen LogP contribution >= 0.6 is 23.2 Å². The summed E-state index contributed by atoms with van der Waals surface area (Å²) < 4.78 is 0. The number of benzene rings is 3. The molecule has 4 amide bonds. The molecule has 3 aromatic rings. The van der Waals surface area contributed by atoms with Gasteiger partial charge in [-0.2, -0.15) is 5.26 Å². The third-order valence-corrected chi connectivity index (χ3v) is 7.18. The molecule has 38 heavy (non-hydrogen) atoms. The SMILES string of the molecule is N#Cc1ccc([C@@H]2CN(C(=O)c3cccc(C(=O)O)c3)C[C@@]23NC(=O)N(c2cc(Cl)cc(Cl)c2)C3=O)cc1. The van der Waals surface area contributed by atoms with Crippen LogP contribution in [-0.2, 0) is 4.79 Å². The van der Waals surface area contributed by atoms with Crippen molar-refractivity contribution in [2.75, 3.05) is 18.0 Å². The highest BCUT2D eigenvalue weighted by atomic mass is 35.5. The fraction of sp³-hybridized carbons (Fsp3) is 0.148. The third-order valence-electron chi connectivity index (χ3n) is 6.75. The monoisotopic (exact) mass is 548 g/mol. The van der Waals surface area contributed by atoms with Gasteiger partial charge >= 0.3 is 12.0 Å². The zero-order valence-corrected chi connectivity index (χ0v) is 21.0. The quantitative estimate of drug-likeness (QED) is 0.467. The molecule has 2 aliphatic heterocycles. The van der Waals surface area contributed by atoms with Crippen LogP contribution in [0.25, 0.3) is 0 Å². The Morgan fingerprint density at radius 1 is 1.00 bits per heavy atom. The number of imide groups is 1. The molecule has 9 nitrogen and oxygen atoms in total. The van der Waals surface area contributed by atoms with E-state index in [2.05, 4.69) is 5.32 Å². The van der Waals surface area contributed by atoms with Crippen LogP contribution in [0.5, 0.6) is 0 Å². The van der Waals surface area contributed by atoms with Gasteiger partial charge in [0.2, 0.25) is 0 Å². The number of amides is 4. The molecular weight excluding hydrogens is 531 g/mol. The van der Waals surface area contributed by atoms with Crippen LogP contribution < -0.4 is 10.2 Å². The average Bonchev–Trinajstić information content (AvgIpc) is 3.39. The lowest BCUT2D eigenvalue weighted by Crippen LogP contribution is -2.53. The molecule has 2 saturated heterocycles. The molecule has 5 rings (SSSR count). The van der Waals surface area contributed by atoms with Crippen LogP contribution in [-0.4, -0.2) is 52.4 Å². The van der Waals surface area contributed by atoms with Crippen molar-refractivity contribution >= 4 is 52.7 Å². The molecule has 2 N–H and O–H groups in total. The number of rotatable bonds is 4. The smallest absolute Gasteiger partial charge is 0.335 e. The maximum absolute atomic E-state index is 14.0. The number of likely N-dealkylation sites (tertiary alicyclic amines) is 1. The number of nitrogens with zero attached hydrogens (tertiary/aromatic N) is 3. The molecule has 0 unspecified atom stereocenters. The highest BCUT2D eigenvalue weighted by Gasteiger charge is 2.61. The Bertz CT molecular complexity index is 1530. The van der Waals surface area contributed by atoms with E-state index in [9.17, 15) is 29.5 Å². The van der Waals surface area contributed by atoms with E-state index in [-0.39, 0.29) is 39.9 Å². The number of aromatic carboxylic acids is 1. The number of nitrogens with one attached hydrogen (secondary N) is 1. The Labute approximate surface area is 226 Å². The van der Waals surface area contributed by atoms with Crippen molar-refractivity contribution in [3.05, 3.63) is 99.0 Å². The van der Waals surface area contributed by atoms with Crippen LogP contribution in [0.2, 0.25) is 10.0 Å². The minimum absolute atomic E-state index is 0.0531. The third kappa shape index (κ3) is 4.24. The average molecular weight is 549 g/mol. The van der Waals surface area contributed by atoms with Crippen molar-refractivity contribution in [3.8, 4) is 6.07 Å². The molecular formula is C27H18Cl2N4O5. The fourth-order valence-electron chi connectivity index (χ4n) is 4.99. The lowest BCUT2D eigenvalue weighted by Gasteiger charge is -2.27. The van der Waals surface area contributed by atoms with Crippen molar-refractivity contribution < 1.29 is 24.3 Å².